The Hall–Kier alpha value is -0.740. The molecule has 0 unspecified atom stereocenters. The van der Waals surface area contributed by atoms with Crippen molar-refractivity contribution in [1.29, 1.82) is 0 Å². The van der Waals surface area contributed by atoms with Gasteiger partial charge in [0.15, 0.2) is 0 Å². The van der Waals surface area contributed by atoms with E-state index in [1.165, 1.54) is 0 Å². The Balaban J connectivity index is 3.24. The third kappa shape index (κ3) is 2.63. The molecule has 0 aromatic heterocycles. The molecule has 0 aliphatic heterocycles. The molecule has 0 aliphatic rings. The van der Waals surface area contributed by atoms with Crippen LogP contribution in [0.4, 0.5) is 0 Å². The molecule has 0 saturated heterocycles. The summed E-state index contributed by atoms with van der Waals surface area (Å²) < 4.78 is 11.4. The second-order valence-electron chi connectivity index (χ2n) is 3.24. The van der Waals surface area contributed by atoms with Crippen molar-refractivity contribution in [3.63, 3.8) is 0 Å². The van der Waals surface area contributed by atoms with Gasteiger partial charge in [-0.05, 0) is 12.5 Å². The van der Waals surface area contributed by atoms with Crippen molar-refractivity contribution >= 4 is 15.9 Å². The van der Waals surface area contributed by atoms with Crippen LogP contribution in [-0.2, 0) is 0 Å². The van der Waals surface area contributed by atoms with Crippen molar-refractivity contribution in [3.05, 3.63) is 22.2 Å². The van der Waals surface area contributed by atoms with Crippen LogP contribution in [-0.4, -0.2) is 14.2 Å². The molecule has 0 spiro atoms. The Morgan fingerprint density at radius 1 is 1.33 bits per heavy atom. The summed E-state index contributed by atoms with van der Waals surface area (Å²) in [5.41, 5.74) is 7.00. The van der Waals surface area contributed by atoms with Gasteiger partial charge in [-0.15, -0.1) is 0 Å². The zero-order valence-electron chi connectivity index (χ0n) is 9.21. The minimum Gasteiger partial charge on any atom is -0.497 e. The molecule has 1 aromatic rings. The number of nitrogens with two attached hydrogens (primary N) is 1. The maximum atomic E-state index is 6.01. The number of halogens is 1. The number of hydrogen-bond acceptors (Lipinski definition) is 3. The van der Waals surface area contributed by atoms with Crippen LogP contribution < -0.4 is 15.2 Å². The van der Waals surface area contributed by atoms with E-state index in [1.54, 1.807) is 14.2 Å². The summed E-state index contributed by atoms with van der Waals surface area (Å²) in [5, 5.41) is 0. The summed E-state index contributed by atoms with van der Waals surface area (Å²) in [4.78, 5) is 0. The van der Waals surface area contributed by atoms with Crippen LogP contribution in [0.5, 0.6) is 11.5 Å². The molecule has 1 atom stereocenters. The lowest BCUT2D eigenvalue weighted by Gasteiger charge is -2.17. The fourth-order valence-electron chi connectivity index (χ4n) is 1.42. The van der Waals surface area contributed by atoms with Crippen LogP contribution in [0.2, 0.25) is 0 Å². The number of ether oxygens (including phenoxy) is 2. The molecule has 2 N–H and O–H groups in total. The van der Waals surface area contributed by atoms with Gasteiger partial charge in [0.2, 0.25) is 0 Å². The van der Waals surface area contributed by atoms with E-state index in [9.17, 15) is 0 Å². The molecule has 0 heterocycles. The molecule has 0 radical (unpaired) electrons. The average Bonchev–Trinajstić information content (AvgIpc) is 2.26. The predicted molar refractivity (Wildman–Crippen MR) is 64.5 cm³/mol. The van der Waals surface area contributed by atoms with E-state index in [-0.39, 0.29) is 6.04 Å². The van der Waals surface area contributed by atoms with E-state index in [0.29, 0.717) is 0 Å². The monoisotopic (exact) mass is 273 g/mol. The molecular weight excluding hydrogens is 258 g/mol. The lowest BCUT2D eigenvalue weighted by atomic mass is 10.0. The third-order valence-electron chi connectivity index (χ3n) is 2.33. The zero-order valence-corrected chi connectivity index (χ0v) is 10.8. The maximum absolute atomic E-state index is 6.01. The average molecular weight is 274 g/mol. The van der Waals surface area contributed by atoms with Crippen LogP contribution in [0.3, 0.4) is 0 Å². The van der Waals surface area contributed by atoms with Crippen molar-refractivity contribution in [1.82, 2.24) is 0 Å². The zero-order chi connectivity index (χ0) is 11.4. The summed E-state index contributed by atoms with van der Waals surface area (Å²) in [6, 6.07) is 3.71. The Morgan fingerprint density at radius 2 is 2.00 bits per heavy atom. The van der Waals surface area contributed by atoms with Crippen LogP contribution in [0.25, 0.3) is 0 Å². The molecule has 0 fully saturated rings. The molecule has 0 saturated carbocycles. The maximum Gasteiger partial charge on any atom is 0.128 e. The first-order valence-electron chi connectivity index (χ1n) is 4.81. The molecule has 3 nitrogen and oxygen atoms in total. The molecule has 0 bridgehead atoms. The highest BCUT2D eigenvalue weighted by Crippen LogP contribution is 2.36. The quantitative estimate of drug-likeness (QED) is 0.918. The van der Waals surface area contributed by atoms with E-state index in [2.05, 4.69) is 15.9 Å². The Bertz CT molecular complexity index is 342. The number of rotatable bonds is 4. The molecule has 0 aliphatic carbocycles. The van der Waals surface area contributed by atoms with E-state index in [0.717, 1.165) is 28.0 Å². The minimum atomic E-state index is -0.0276. The highest BCUT2D eigenvalue weighted by molar-refractivity contribution is 9.10. The molecule has 15 heavy (non-hydrogen) atoms. The van der Waals surface area contributed by atoms with E-state index in [1.807, 2.05) is 19.1 Å². The van der Waals surface area contributed by atoms with E-state index < -0.39 is 0 Å². The first-order chi connectivity index (χ1) is 7.13. The van der Waals surface area contributed by atoms with E-state index >= 15 is 0 Å². The smallest absolute Gasteiger partial charge is 0.128 e. The Kier molecular flexibility index (Phi) is 4.42. The SMILES string of the molecule is CC[C@@H](N)c1c(Br)cc(OC)cc1OC. The summed E-state index contributed by atoms with van der Waals surface area (Å²) in [5.74, 6) is 1.52. The first kappa shape index (κ1) is 12.3. The Labute approximate surface area is 98.7 Å². The number of methoxy groups -OCH3 is 2. The molecule has 84 valence electrons. The van der Waals surface area contributed by atoms with Crippen molar-refractivity contribution in [2.24, 2.45) is 5.73 Å². The normalized spacial score (nSPS) is 12.3. The molecule has 0 amide bonds. The van der Waals surface area contributed by atoms with Gasteiger partial charge in [0.25, 0.3) is 0 Å². The first-order valence-corrected chi connectivity index (χ1v) is 5.60. The molecule has 1 aromatic carbocycles. The van der Waals surface area contributed by atoms with Gasteiger partial charge in [-0.25, -0.2) is 0 Å². The van der Waals surface area contributed by atoms with Gasteiger partial charge in [-0.3, -0.25) is 0 Å². The molecule has 4 heteroatoms. The van der Waals surface area contributed by atoms with Gasteiger partial charge in [0.1, 0.15) is 11.5 Å². The second kappa shape index (κ2) is 5.37. The lowest BCUT2D eigenvalue weighted by molar-refractivity contribution is 0.387. The van der Waals surface area contributed by atoms with Crippen LogP contribution in [0.15, 0.2) is 16.6 Å². The lowest BCUT2D eigenvalue weighted by Crippen LogP contribution is -2.11. The standard InChI is InChI=1S/C11H16BrNO2/c1-4-9(13)11-8(12)5-7(14-2)6-10(11)15-3/h5-6,9H,4,13H2,1-3H3/t9-/m1/s1. The van der Waals surface area contributed by atoms with Gasteiger partial charge in [0.05, 0.1) is 14.2 Å². The van der Waals surface area contributed by atoms with Gasteiger partial charge in [-0.1, -0.05) is 22.9 Å². The van der Waals surface area contributed by atoms with Crippen molar-refractivity contribution in [2.75, 3.05) is 14.2 Å². The van der Waals surface area contributed by atoms with Crippen LogP contribution in [0, 0.1) is 0 Å². The predicted octanol–water partition coefficient (Wildman–Crippen LogP) is 2.88. The van der Waals surface area contributed by atoms with Gasteiger partial charge >= 0.3 is 0 Å². The minimum absolute atomic E-state index is 0.0276. The molecule has 1 rings (SSSR count). The fourth-order valence-corrected chi connectivity index (χ4v) is 2.13. The topological polar surface area (TPSA) is 44.5 Å². The van der Waals surface area contributed by atoms with Crippen molar-refractivity contribution < 1.29 is 9.47 Å². The molecular formula is C11H16BrNO2. The van der Waals surface area contributed by atoms with E-state index in [4.69, 9.17) is 15.2 Å². The summed E-state index contributed by atoms with van der Waals surface area (Å²) in [6.07, 6.45) is 0.862. The third-order valence-corrected chi connectivity index (χ3v) is 2.99. The summed E-state index contributed by atoms with van der Waals surface area (Å²) in [6.45, 7) is 2.04. The highest BCUT2D eigenvalue weighted by Gasteiger charge is 2.15. The van der Waals surface area contributed by atoms with Gasteiger partial charge < -0.3 is 15.2 Å². The number of benzene rings is 1. The summed E-state index contributed by atoms with van der Waals surface area (Å²) >= 11 is 3.48. The fraction of sp³-hybridized carbons (Fsp3) is 0.455. The van der Waals surface area contributed by atoms with Crippen molar-refractivity contribution in [2.45, 2.75) is 19.4 Å². The summed E-state index contributed by atoms with van der Waals surface area (Å²) in [7, 11) is 3.26. The Morgan fingerprint density at radius 3 is 2.47 bits per heavy atom. The highest BCUT2D eigenvalue weighted by atomic mass is 79.9. The second-order valence-corrected chi connectivity index (χ2v) is 4.09. The van der Waals surface area contributed by atoms with Crippen molar-refractivity contribution in [3.8, 4) is 11.5 Å². The number of hydrogen-bond donors (Lipinski definition) is 1. The van der Waals surface area contributed by atoms with Gasteiger partial charge in [0, 0.05) is 22.1 Å². The van der Waals surface area contributed by atoms with Gasteiger partial charge in [-0.2, -0.15) is 0 Å². The van der Waals surface area contributed by atoms with Crippen LogP contribution >= 0.6 is 15.9 Å². The largest absolute Gasteiger partial charge is 0.497 e. The van der Waals surface area contributed by atoms with Crippen LogP contribution in [0.1, 0.15) is 24.9 Å².